The predicted molar refractivity (Wildman–Crippen MR) is 70.2 cm³/mol. The molecule has 0 atom stereocenters. The molecular formula is C10H8Cl4N2Pd. The van der Waals surface area contributed by atoms with Crippen LogP contribution in [0.15, 0.2) is 48.8 Å². The van der Waals surface area contributed by atoms with E-state index in [9.17, 15) is 0 Å². The molecule has 7 heteroatoms. The van der Waals surface area contributed by atoms with Gasteiger partial charge >= 0.3 is 35.0 Å². The quantitative estimate of drug-likeness (QED) is 0.464. The minimum atomic E-state index is -0.106. The number of hydrogen-bond acceptors (Lipinski definition) is 2. The van der Waals surface area contributed by atoms with E-state index in [4.69, 9.17) is 42.3 Å². The number of hydrogen-bond donors (Lipinski definition) is 0. The Morgan fingerprint density at radius 2 is 1.12 bits per heavy atom. The van der Waals surface area contributed by atoms with Crippen molar-refractivity contribution in [2.75, 3.05) is 0 Å². The van der Waals surface area contributed by atoms with Crippen LogP contribution < -0.4 is 0 Å². The zero-order valence-corrected chi connectivity index (χ0v) is 12.9. The maximum atomic E-state index is 5.43. The van der Waals surface area contributed by atoms with Crippen LogP contribution in [-0.2, 0) is 15.9 Å². The van der Waals surface area contributed by atoms with Gasteiger partial charge in [-0.3, -0.25) is 0 Å². The van der Waals surface area contributed by atoms with E-state index in [-0.39, 0.29) is 15.9 Å². The molecule has 0 bridgehead atoms. The van der Waals surface area contributed by atoms with Crippen LogP contribution in [-0.4, -0.2) is 9.97 Å². The molecule has 0 spiro atoms. The standard InChI is InChI=1S/2C5H4ClN.2ClH.Pd/c2*6-5-3-1-2-4-7-5;;;/h2*1-4H;2*1H;/q;;;;+2/p-2. The van der Waals surface area contributed by atoms with E-state index in [0.717, 1.165) is 0 Å². The Kier molecular flexibility index (Phi) is 12.7. The van der Waals surface area contributed by atoms with Crippen molar-refractivity contribution in [3.05, 3.63) is 59.1 Å². The van der Waals surface area contributed by atoms with E-state index in [0.29, 0.717) is 10.3 Å². The van der Waals surface area contributed by atoms with E-state index in [1.54, 1.807) is 24.5 Å². The minimum absolute atomic E-state index is 0.106. The van der Waals surface area contributed by atoms with Crippen LogP contribution >= 0.6 is 42.3 Å². The Morgan fingerprint density at radius 1 is 0.765 bits per heavy atom. The Balaban J connectivity index is 0.000000247. The van der Waals surface area contributed by atoms with Crippen molar-refractivity contribution in [2.24, 2.45) is 0 Å². The molecule has 0 aliphatic rings. The average Bonchev–Trinajstić information content (AvgIpc) is 2.33. The average molecular weight is 404 g/mol. The molecule has 17 heavy (non-hydrogen) atoms. The first-order chi connectivity index (χ1) is 8.20. The van der Waals surface area contributed by atoms with Gasteiger partial charge in [0.2, 0.25) is 0 Å². The molecule has 0 aliphatic heterocycles. The van der Waals surface area contributed by atoms with Gasteiger partial charge in [0.25, 0.3) is 0 Å². The van der Waals surface area contributed by atoms with Crippen molar-refractivity contribution in [1.82, 2.24) is 9.97 Å². The van der Waals surface area contributed by atoms with Gasteiger partial charge in [-0.05, 0) is 24.3 Å². The SMILES string of the molecule is Clc1ccccn1.Clc1ccccn1.[Cl][Pd][Cl]. The van der Waals surface area contributed by atoms with Crippen molar-refractivity contribution < 1.29 is 15.9 Å². The summed E-state index contributed by atoms with van der Waals surface area (Å²) in [7, 11) is 9.63. The fraction of sp³-hybridized carbons (Fsp3) is 0. The van der Waals surface area contributed by atoms with Crippen molar-refractivity contribution in [3.63, 3.8) is 0 Å². The van der Waals surface area contributed by atoms with Crippen molar-refractivity contribution in [1.29, 1.82) is 0 Å². The van der Waals surface area contributed by atoms with Gasteiger partial charge in [-0.15, -0.1) is 0 Å². The van der Waals surface area contributed by atoms with Gasteiger partial charge in [0, 0.05) is 12.4 Å². The zero-order valence-electron chi connectivity index (χ0n) is 8.34. The molecule has 0 unspecified atom stereocenters. The second-order valence-electron chi connectivity index (χ2n) is 2.35. The molecule has 2 heterocycles. The Hall–Kier alpha value is 0.122. The summed E-state index contributed by atoms with van der Waals surface area (Å²) in [6, 6.07) is 10.8. The Labute approximate surface area is 126 Å². The van der Waals surface area contributed by atoms with E-state index in [1.807, 2.05) is 24.3 Å². The zero-order chi connectivity index (χ0) is 12.9. The van der Waals surface area contributed by atoms with Gasteiger partial charge in [-0.1, -0.05) is 35.3 Å². The topological polar surface area (TPSA) is 25.8 Å². The third-order valence-corrected chi connectivity index (χ3v) is 1.70. The number of pyridine rings is 2. The van der Waals surface area contributed by atoms with Gasteiger partial charge in [-0.25, -0.2) is 9.97 Å². The molecule has 0 radical (unpaired) electrons. The molecule has 2 nitrogen and oxygen atoms in total. The second kappa shape index (κ2) is 12.6. The van der Waals surface area contributed by atoms with Gasteiger partial charge in [0.15, 0.2) is 0 Å². The van der Waals surface area contributed by atoms with E-state index in [2.05, 4.69) is 9.97 Å². The Morgan fingerprint density at radius 3 is 1.24 bits per heavy atom. The fourth-order valence-corrected chi connectivity index (χ4v) is 0.942. The summed E-state index contributed by atoms with van der Waals surface area (Å²) in [5, 5.41) is 1.09. The summed E-state index contributed by atoms with van der Waals surface area (Å²) < 4.78 is 0. The number of rotatable bonds is 0. The maximum absolute atomic E-state index is 5.43. The van der Waals surface area contributed by atoms with Crippen LogP contribution in [0.25, 0.3) is 0 Å². The fourth-order valence-electron chi connectivity index (χ4n) is 0.684. The molecule has 2 rings (SSSR count). The normalized spacial score (nSPS) is 8.47. The molecule has 2 aromatic rings. The first-order valence-corrected chi connectivity index (χ1v) is 8.92. The third-order valence-electron chi connectivity index (χ3n) is 1.26. The molecule has 0 saturated heterocycles. The first kappa shape index (κ1) is 17.1. The van der Waals surface area contributed by atoms with Crippen LogP contribution in [0.5, 0.6) is 0 Å². The summed E-state index contributed by atoms with van der Waals surface area (Å²) in [4.78, 5) is 7.49. The van der Waals surface area contributed by atoms with Crippen LogP contribution in [0.2, 0.25) is 10.3 Å². The van der Waals surface area contributed by atoms with Crippen LogP contribution in [0.3, 0.4) is 0 Å². The number of nitrogens with zero attached hydrogens (tertiary/aromatic N) is 2. The van der Waals surface area contributed by atoms with Gasteiger partial charge in [-0.2, -0.15) is 0 Å². The second-order valence-corrected chi connectivity index (χ2v) is 5.48. The molecular weight excluding hydrogens is 396 g/mol. The molecule has 0 aliphatic carbocycles. The summed E-state index contributed by atoms with van der Waals surface area (Å²) in [6.07, 6.45) is 3.31. The van der Waals surface area contributed by atoms with Crippen LogP contribution in [0, 0.1) is 0 Å². The monoisotopic (exact) mass is 402 g/mol. The molecule has 0 aromatic carbocycles. The van der Waals surface area contributed by atoms with Crippen molar-refractivity contribution in [3.8, 4) is 0 Å². The summed E-state index contributed by atoms with van der Waals surface area (Å²) in [6.45, 7) is 0. The molecule has 0 saturated carbocycles. The van der Waals surface area contributed by atoms with Crippen molar-refractivity contribution in [2.45, 2.75) is 0 Å². The molecule has 0 amide bonds. The van der Waals surface area contributed by atoms with Crippen LogP contribution in [0.1, 0.15) is 0 Å². The van der Waals surface area contributed by atoms with E-state index in [1.165, 1.54) is 0 Å². The van der Waals surface area contributed by atoms with Crippen LogP contribution in [0.4, 0.5) is 0 Å². The van der Waals surface area contributed by atoms with E-state index >= 15 is 0 Å². The molecule has 0 N–H and O–H groups in total. The summed E-state index contributed by atoms with van der Waals surface area (Å²) >= 11 is 10.8. The predicted octanol–water partition coefficient (Wildman–Crippen LogP) is 4.85. The van der Waals surface area contributed by atoms with Crippen molar-refractivity contribution >= 4 is 42.3 Å². The first-order valence-electron chi connectivity index (χ1n) is 4.16. The number of halogens is 4. The Bertz CT molecular complexity index is 337. The molecule has 2 aromatic heterocycles. The molecule has 96 valence electrons. The summed E-state index contributed by atoms with van der Waals surface area (Å²) in [5.74, 6) is 0. The molecule has 0 fully saturated rings. The van der Waals surface area contributed by atoms with Gasteiger partial charge in [0.1, 0.15) is 10.3 Å². The third kappa shape index (κ3) is 12.4. The number of aromatic nitrogens is 2. The van der Waals surface area contributed by atoms with E-state index < -0.39 is 0 Å². The van der Waals surface area contributed by atoms with Gasteiger partial charge < -0.3 is 0 Å². The van der Waals surface area contributed by atoms with Gasteiger partial charge in [0.05, 0.1) is 0 Å². The summed E-state index contributed by atoms with van der Waals surface area (Å²) in [5.41, 5.74) is 0.